The van der Waals surface area contributed by atoms with Crippen LogP contribution in [0.3, 0.4) is 0 Å². The van der Waals surface area contributed by atoms with Crippen molar-refractivity contribution in [1.82, 2.24) is 45.7 Å². The molecule has 30 nitrogen and oxygen atoms in total. The average molecular weight is 2500 g/mol. The topological polar surface area (TPSA) is 180 Å². The van der Waals surface area contributed by atoms with E-state index in [0.717, 1.165) is 55.6 Å². The van der Waals surface area contributed by atoms with Crippen molar-refractivity contribution in [2.24, 2.45) is 70.5 Å². The molecule has 0 amide bonds. The van der Waals surface area contributed by atoms with Gasteiger partial charge in [-0.3, -0.25) is 0 Å². The highest BCUT2D eigenvalue weighted by atomic mass is 79.9. The summed E-state index contributed by atoms with van der Waals surface area (Å²) in [7, 11) is 20.3. The zero-order valence-corrected chi connectivity index (χ0v) is 93.4. The predicted octanol–water partition coefficient (Wildman–Crippen LogP) is -25.0. The van der Waals surface area contributed by atoms with E-state index in [2.05, 4.69) is 232 Å². The standard InChI is InChI=1S/C95H120N20O10.10BrH/c1-96-11-21-106(66-96)31-41-116-86-56-77-52-79-59-91(121-46-36-111-26-16-101(6)71-111)81(61-90(79)120-45-35-110-25-15-100(5)70-110)54-83-63-95(125-50-40-115-30-20-105(10)75-115)85(65-94(83)124-49-39-114-29-19-104(9)74-114)55-84-64-92(122-47-37-112-27-17-102(7)72-112)82(62-93(84)123-48-38-113-28-18-103(8)73-113)53-80-60-88(118-43-33-108-23-13-98(3)68-108)78(58-89(80)119-44-34-109-24-14-99(4)69-109)51-76(86)57-87(77)117-42-32-107-22-12-97(2)67-107;;;;;;;;;;/h11-30,56-75H,31-55H2,1-10H3;10*1H/q+10;;;;;;;;;;/p-10. The van der Waals surface area contributed by atoms with Gasteiger partial charge in [-0.1, -0.05) is 0 Å². The summed E-state index contributed by atoms with van der Waals surface area (Å²) in [6, 6.07) is 21.9. The summed E-state index contributed by atoms with van der Waals surface area (Å²) < 4.78 is 115. The van der Waals surface area contributed by atoms with E-state index in [1.165, 1.54) is 0 Å². The highest BCUT2D eigenvalue weighted by molar-refractivity contribution is 5.60. The molecule has 0 spiro atoms. The third-order valence-electron chi connectivity index (χ3n) is 22.4. The zero-order valence-electron chi connectivity index (χ0n) is 77.6. The molecule has 5 aromatic carbocycles. The van der Waals surface area contributed by atoms with Crippen LogP contribution < -0.4 is 263 Å². The highest BCUT2D eigenvalue weighted by Crippen LogP contribution is 2.43. The van der Waals surface area contributed by atoms with Gasteiger partial charge in [0.1, 0.15) is 313 Å². The first-order valence-corrected chi connectivity index (χ1v) is 43.0. The largest absolute Gasteiger partial charge is 1.00 e. The van der Waals surface area contributed by atoms with Crippen LogP contribution in [0.4, 0.5) is 0 Å². The number of hydrogen-bond donors (Lipinski definition) is 0. The van der Waals surface area contributed by atoms with Crippen LogP contribution in [-0.2, 0) is 168 Å². The number of aryl methyl sites for hydroxylation is 10. The number of rotatable bonds is 40. The van der Waals surface area contributed by atoms with E-state index < -0.39 is 0 Å². The molecule has 15 aromatic rings. The predicted molar refractivity (Wildman–Crippen MR) is 457 cm³/mol. The average Bonchev–Trinajstić information content (AvgIpc) is 1.51. The molecule has 0 saturated carbocycles. The molecule has 0 N–H and O–H groups in total. The van der Waals surface area contributed by atoms with Gasteiger partial charge in [0.05, 0.1) is 70.5 Å². The van der Waals surface area contributed by atoms with Gasteiger partial charge in [0.2, 0.25) is 63.3 Å². The maximum absolute atomic E-state index is 7.29. The van der Waals surface area contributed by atoms with Crippen molar-refractivity contribution in [2.45, 2.75) is 97.6 Å². The molecule has 730 valence electrons. The fourth-order valence-corrected chi connectivity index (χ4v) is 15.9. The van der Waals surface area contributed by atoms with Crippen molar-refractivity contribution in [3.05, 3.63) is 304 Å². The van der Waals surface area contributed by atoms with E-state index >= 15 is 0 Å². The summed E-state index contributed by atoms with van der Waals surface area (Å²) in [5, 5.41) is 0. The Labute approximate surface area is 895 Å². The van der Waals surface area contributed by atoms with Crippen LogP contribution in [0.15, 0.2) is 248 Å². The van der Waals surface area contributed by atoms with Crippen LogP contribution in [0.25, 0.3) is 0 Å². The highest BCUT2D eigenvalue weighted by Gasteiger charge is 2.28. The second-order valence-electron chi connectivity index (χ2n) is 32.9. The maximum atomic E-state index is 7.29. The van der Waals surface area contributed by atoms with Gasteiger partial charge in [-0.2, -0.15) is 0 Å². The van der Waals surface area contributed by atoms with Gasteiger partial charge >= 0.3 is 0 Å². The lowest BCUT2D eigenvalue weighted by Gasteiger charge is -2.22. The Bertz CT molecular complexity index is 4950. The van der Waals surface area contributed by atoms with Crippen molar-refractivity contribution in [3.8, 4) is 57.5 Å². The fraction of sp³-hybridized carbons (Fsp3) is 0.368. The van der Waals surface area contributed by atoms with Crippen molar-refractivity contribution < 1.29 is 263 Å². The van der Waals surface area contributed by atoms with Gasteiger partial charge in [-0.05, 0) is 60.7 Å². The molecule has 10 aliphatic carbocycles. The molecule has 25 rings (SSSR count). The van der Waals surface area contributed by atoms with E-state index in [0.29, 0.717) is 221 Å². The van der Waals surface area contributed by atoms with Crippen LogP contribution in [0.5, 0.6) is 57.5 Å². The van der Waals surface area contributed by atoms with Crippen LogP contribution >= 0.6 is 0 Å². The van der Waals surface area contributed by atoms with Crippen molar-refractivity contribution in [3.63, 3.8) is 0 Å². The third-order valence-corrected chi connectivity index (χ3v) is 22.4. The zero-order chi connectivity index (χ0) is 86.1. The molecule has 0 fully saturated rings. The van der Waals surface area contributed by atoms with Crippen LogP contribution in [-0.4, -0.2) is 112 Å². The van der Waals surface area contributed by atoms with Gasteiger partial charge in [0.25, 0.3) is 0 Å². The lowest BCUT2D eigenvalue weighted by molar-refractivity contribution is -0.697. The SMILES string of the molecule is Cn1cc[n+](CCOc2cc3c(OCC[n+]4ccn(C)c4)cc2Cc2cc(OCC[n+]4ccn(C)c4)c(cc2OCC[n+]2ccn(C)c2)Cc2cc(OCC[n+]4ccn(C)c4)c(cc2OCC[n+]2ccn(C)c2)Cc2cc(OCC[n+]4ccn(C)c4)c(cc2OCC[n+]2ccn(C)c2)Cc2cc(OCC[n+]4ccn(C)c4)c(cc2OCC[n+]2ccn(C)c2)C3)c1.[Br-].[Br-].[Br-].[Br-].[Br-].[Br-].[Br-].[Br-].[Br-].[Br-]. The van der Waals surface area contributed by atoms with Gasteiger partial charge in [0.15, 0.2) is 0 Å². The fourth-order valence-electron chi connectivity index (χ4n) is 15.9. The van der Waals surface area contributed by atoms with E-state index in [9.17, 15) is 0 Å². The molecule has 10 aromatic heterocycles. The van der Waals surface area contributed by atoms with E-state index in [4.69, 9.17) is 47.4 Å². The molecular weight excluding hydrogens is 2380 g/mol. The van der Waals surface area contributed by atoms with Crippen molar-refractivity contribution >= 4 is 0 Å². The normalized spacial score (nSPS) is 11.2. The number of benzene rings is 5. The molecule has 0 aliphatic heterocycles. The molecular formula is C95H120Br10N20O10. The number of imidazole rings is 10. The summed E-state index contributed by atoms with van der Waals surface area (Å²) in [6.07, 6.45) is 63.6. The Morgan fingerprint density at radius 1 is 0.163 bits per heavy atom. The first-order valence-electron chi connectivity index (χ1n) is 43.0. The number of nitrogens with zero attached hydrogens (tertiary/aromatic N) is 20. The van der Waals surface area contributed by atoms with Gasteiger partial charge in [-0.25, -0.2) is 91.3 Å². The first kappa shape index (κ1) is 115. The second-order valence-corrected chi connectivity index (χ2v) is 32.9. The number of hydrogen-bond acceptors (Lipinski definition) is 10. The van der Waals surface area contributed by atoms with Crippen LogP contribution in [0, 0.1) is 0 Å². The monoisotopic (exact) mass is 2490 g/mol. The summed E-state index contributed by atoms with van der Waals surface area (Å²) in [4.78, 5) is 0. The maximum Gasteiger partial charge on any atom is 0.243 e. The summed E-state index contributed by atoms with van der Waals surface area (Å²) in [5.41, 5.74) is 8.90. The lowest BCUT2D eigenvalue weighted by atomic mass is 9.94. The van der Waals surface area contributed by atoms with Crippen molar-refractivity contribution in [2.75, 3.05) is 66.1 Å². The number of aromatic nitrogens is 20. The summed E-state index contributed by atoms with van der Waals surface area (Å²) in [5.74, 6) is 6.91. The molecule has 10 bridgehead atoms. The molecule has 135 heavy (non-hydrogen) atoms. The third kappa shape index (κ3) is 32.6. The minimum atomic E-state index is 0. The minimum absolute atomic E-state index is 0. The first-order chi connectivity index (χ1) is 60.8. The molecule has 0 unspecified atom stereocenters. The Balaban J connectivity index is 0.00000280. The van der Waals surface area contributed by atoms with Crippen molar-refractivity contribution in [1.29, 1.82) is 0 Å². The van der Waals surface area contributed by atoms with Crippen LogP contribution in [0.2, 0.25) is 0 Å². The molecule has 0 saturated heterocycles. The second kappa shape index (κ2) is 55.6. The molecule has 0 radical (unpaired) electrons. The van der Waals surface area contributed by atoms with Crippen LogP contribution in [0.1, 0.15) is 55.6 Å². The lowest BCUT2D eigenvalue weighted by Crippen LogP contribution is -3.00. The van der Waals surface area contributed by atoms with Gasteiger partial charge < -0.3 is 217 Å². The molecule has 40 heteroatoms. The Hall–Kier alpha value is -9.00. The Morgan fingerprint density at radius 2 is 0.252 bits per heavy atom. The van der Waals surface area contributed by atoms with E-state index in [1.54, 1.807) is 0 Å². The number of ether oxygens (including phenoxy) is 10. The van der Waals surface area contributed by atoms with Gasteiger partial charge in [-0.15, -0.1) is 0 Å². The quantitative estimate of drug-likeness (QED) is 0.0335. The molecule has 10 aliphatic rings. The smallest absolute Gasteiger partial charge is 0.243 e. The summed E-state index contributed by atoms with van der Waals surface area (Å²) in [6.45, 7) is 9.36. The Kier molecular flexibility index (Phi) is 47.2. The Morgan fingerprint density at radius 3 is 0.326 bits per heavy atom. The molecule has 0 atom stereocenters. The van der Waals surface area contributed by atoms with E-state index in [1.807, 2.05) is 178 Å². The minimum Gasteiger partial charge on any atom is -1.00 e. The number of halogens is 10. The van der Waals surface area contributed by atoms with E-state index in [-0.39, 0.29) is 170 Å². The summed E-state index contributed by atoms with van der Waals surface area (Å²) >= 11 is 0. The molecule has 10 heterocycles. The van der Waals surface area contributed by atoms with Gasteiger partial charge in [0, 0.05) is 87.7 Å².